The molecule has 32 heavy (non-hydrogen) atoms. The average molecular weight is 428 g/mol. The normalized spacial score (nSPS) is 14.9. The Morgan fingerprint density at radius 3 is 2.41 bits per heavy atom. The van der Waals surface area contributed by atoms with E-state index in [4.69, 9.17) is 14.6 Å². The van der Waals surface area contributed by atoms with Crippen LogP contribution in [0.25, 0.3) is 5.70 Å². The number of hydrogen-bond donors (Lipinski definition) is 1. The Bertz CT molecular complexity index is 1070. The van der Waals surface area contributed by atoms with Gasteiger partial charge in [0.15, 0.2) is 5.84 Å². The van der Waals surface area contributed by atoms with Crippen LogP contribution in [0.4, 0.5) is 11.4 Å². The summed E-state index contributed by atoms with van der Waals surface area (Å²) in [4.78, 5) is 10.9. The number of para-hydroxylation sites is 1. The van der Waals surface area contributed by atoms with Gasteiger partial charge in [0.2, 0.25) is 0 Å². The van der Waals surface area contributed by atoms with Gasteiger partial charge < -0.3 is 10.1 Å². The number of nitrogens with zero attached hydrogens (tertiary/aromatic N) is 2. The number of hydrogen-bond acceptors (Lipinski definition) is 4. The van der Waals surface area contributed by atoms with Gasteiger partial charge >= 0.3 is 0 Å². The number of aryl methyl sites for hydroxylation is 1. The lowest BCUT2D eigenvalue weighted by Crippen LogP contribution is -2.35. The molecule has 0 bridgehead atoms. The molecule has 0 saturated carbocycles. The molecular formula is C27H29N3O2. The third-order valence-electron chi connectivity index (χ3n) is 5.34. The fraction of sp³-hybridized carbons (Fsp3) is 0.222. The van der Waals surface area contributed by atoms with E-state index in [1.807, 2.05) is 59.7 Å². The van der Waals surface area contributed by atoms with Crippen molar-refractivity contribution in [3.8, 4) is 5.75 Å². The van der Waals surface area contributed by atoms with Gasteiger partial charge in [0, 0.05) is 29.6 Å². The SMILES string of the molecule is COc1ccc(N/C(=C\C(=Nc2ccccc2)N2CCCCO2)c2ccccc2C)cc1. The fourth-order valence-electron chi connectivity index (χ4n) is 3.59. The molecule has 0 amide bonds. The molecule has 1 saturated heterocycles. The minimum Gasteiger partial charge on any atom is -0.497 e. The molecule has 3 aromatic carbocycles. The first-order chi connectivity index (χ1) is 15.7. The molecule has 5 nitrogen and oxygen atoms in total. The van der Waals surface area contributed by atoms with E-state index in [9.17, 15) is 0 Å². The molecule has 0 spiro atoms. The van der Waals surface area contributed by atoms with E-state index in [1.54, 1.807) is 7.11 Å². The molecule has 1 heterocycles. The first-order valence-corrected chi connectivity index (χ1v) is 11.0. The lowest BCUT2D eigenvalue weighted by Gasteiger charge is -2.28. The van der Waals surface area contributed by atoms with Crippen LogP contribution in [-0.4, -0.2) is 31.2 Å². The largest absolute Gasteiger partial charge is 0.497 e. The third-order valence-corrected chi connectivity index (χ3v) is 5.34. The fourth-order valence-corrected chi connectivity index (χ4v) is 3.59. The number of rotatable bonds is 6. The number of hydroxylamine groups is 2. The summed E-state index contributed by atoms with van der Waals surface area (Å²) in [5.41, 5.74) is 5.11. The first-order valence-electron chi connectivity index (χ1n) is 11.0. The molecule has 3 aromatic rings. The summed E-state index contributed by atoms with van der Waals surface area (Å²) in [6.07, 6.45) is 4.21. The molecule has 0 aliphatic carbocycles. The van der Waals surface area contributed by atoms with Crippen molar-refractivity contribution in [1.82, 2.24) is 5.06 Å². The predicted octanol–water partition coefficient (Wildman–Crippen LogP) is 6.21. The van der Waals surface area contributed by atoms with E-state index < -0.39 is 0 Å². The number of methoxy groups -OCH3 is 1. The smallest absolute Gasteiger partial charge is 0.155 e. The topological polar surface area (TPSA) is 46.1 Å². The van der Waals surface area contributed by atoms with E-state index in [0.717, 1.165) is 53.6 Å². The predicted molar refractivity (Wildman–Crippen MR) is 131 cm³/mol. The van der Waals surface area contributed by atoms with Gasteiger partial charge in [-0.15, -0.1) is 0 Å². The maximum Gasteiger partial charge on any atom is 0.155 e. The molecule has 0 unspecified atom stereocenters. The van der Waals surface area contributed by atoms with Crippen molar-refractivity contribution in [3.63, 3.8) is 0 Å². The van der Waals surface area contributed by atoms with E-state index >= 15 is 0 Å². The van der Waals surface area contributed by atoms with Crippen molar-refractivity contribution in [2.75, 3.05) is 25.6 Å². The number of benzene rings is 3. The lowest BCUT2D eigenvalue weighted by atomic mass is 10.0. The number of amidine groups is 1. The minimum absolute atomic E-state index is 0.702. The van der Waals surface area contributed by atoms with Crippen LogP contribution in [0.15, 0.2) is 89.9 Å². The zero-order chi connectivity index (χ0) is 22.2. The van der Waals surface area contributed by atoms with E-state index in [2.05, 4.69) is 42.6 Å². The minimum atomic E-state index is 0.702. The summed E-state index contributed by atoms with van der Waals surface area (Å²) in [6, 6.07) is 26.2. The Kier molecular flexibility index (Phi) is 7.20. The van der Waals surface area contributed by atoms with Gasteiger partial charge in [0.05, 0.1) is 19.4 Å². The standard InChI is InChI=1S/C27H29N3O2/c1-21-10-6-7-13-25(21)26(28-23-14-16-24(31-2)17-15-23)20-27(30-18-8-9-19-32-30)29-22-11-4-3-5-12-22/h3-7,10-17,20,28H,8-9,18-19H2,1-2H3/b26-20-,29-27?. The second kappa shape index (κ2) is 10.6. The Balaban J connectivity index is 1.77. The Labute approximate surface area is 190 Å². The summed E-state index contributed by atoms with van der Waals surface area (Å²) in [6.45, 7) is 3.63. The molecule has 164 valence electrons. The van der Waals surface area contributed by atoms with Gasteiger partial charge in [-0.1, -0.05) is 42.5 Å². The average Bonchev–Trinajstić information content (AvgIpc) is 2.85. The van der Waals surface area contributed by atoms with Gasteiger partial charge in [0.1, 0.15) is 5.75 Å². The summed E-state index contributed by atoms with van der Waals surface area (Å²) in [7, 11) is 1.67. The molecule has 1 aliphatic heterocycles. The van der Waals surface area contributed by atoms with Gasteiger partial charge in [-0.05, 0) is 61.7 Å². The molecule has 0 aromatic heterocycles. The highest BCUT2D eigenvalue weighted by atomic mass is 16.7. The molecule has 1 N–H and O–H groups in total. The van der Waals surface area contributed by atoms with E-state index in [0.29, 0.717) is 6.61 Å². The quantitative estimate of drug-likeness (QED) is 0.375. The number of nitrogens with one attached hydrogen (secondary N) is 1. The Morgan fingerprint density at radius 1 is 0.969 bits per heavy atom. The zero-order valence-electron chi connectivity index (χ0n) is 18.6. The molecule has 0 atom stereocenters. The summed E-state index contributed by atoms with van der Waals surface area (Å²) in [5.74, 6) is 1.60. The van der Waals surface area contributed by atoms with Crippen LogP contribution in [0.1, 0.15) is 24.0 Å². The van der Waals surface area contributed by atoms with Crippen molar-refractivity contribution in [2.24, 2.45) is 4.99 Å². The molecular weight excluding hydrogens is 398 g/mol. The van der Waals surface area contributed by atoms with Crippen molar-refractivity contribution in [1.29, 1.82) is 0 Å². The van der Waals surface area contributed by atoms with Crippen LogP contribution in [0.5, 0.6) is 5.75 Å². The molecule has 5 heteroatoms. The van der Waals surface area contributed by atoms with Crippen molar-refractivity contribution in [2.45, 2.75) is 19.8 Å². The van der Waals surface area contributed by atoms with Crippen LogP contribution >= 0.6 is 0 Å². The number of ether oxygens (including phenoxy) is 1. The van der Waals surface area contributed by atoms with E-state index in [1.165, 1.54) is 5.56 Å². The highest BCUT2D eigenvalue weighted by Crippen LogP contribution is 2.25. The highest BCUT2D eigenvalue weighted by molar-refractivity contribution is 6.02. The molecule has 0 radical (unpaired) electrons. The molecule has 1 fully saturated rings. The van der Waals surface area contributed by atoms with Crippen LogP contribution in [0.2, 0.25) is 0 Å². The van der Waals surface area contributed by atoms with Gasteiger partial charge in [-0.3, -0.25) is 4.84 Å². The van der Waals surface area contributed by atoms with Crippen LogP contribution in [0.3, 0.4) is 0 Å². The summed E-state index contributed by atoms with van der Waals surface area (Å²) < 4.78 is 5.30. The van der Waals surface area contributed by atoms with Crippen molar-refractivity contribution >= 4 is 22.9 Å². The van der Waals surface area contributed by atoms with Crippen LogP contribution in [-0.2, 0) is 4.84 Å². The Morgan fingerprint density at radius 2 is 1.72 bits per heavy atom. The van der Waals surface area contributed by atoms with Gasteiger partial charge in [0.25, 0.3) is 0 Å². The first kappa shape index (κ1) is 21.7. The monoisotopic (exact) mass is 427 g/mol. The molecule has 1 aliphatic rings. The van der Waals surface area contributed by atoms with Crippen LogP contribution < -0.4 is 10.1 Å². The van der Waals surface area contributed by atoms with Gasteiger partial charge in [-0.25, -0.2) is 10.1 Å². The maximum absolute atomic E-state index is 5.97. The number of anilines is 1. The second-order valence-corrected chi connectivity index (χ2v) is 7.67. The van der Waals surface area contributed by atoms with Crippen LogP contribution in [0, 0.1) is 6.92 Å². The Hall–Kier alpha value is -3.57. The highest BCUT2D eigenvalue weighted by Gasteiger charge is 2.17. The summed E-state index contributed by atoms with van der Waals surface area (Å²) in [5, 5.41) is 5.49. The number of aliphatic imine (C=N–C) groups is 1. The maximum atomic E-state index is 5.97. The summed E-state index contributed by atoms with van der Waals surface area (Å²) >= 11 is 0. The van der Waals surface area contributed by atoms with E-state index in [-0.39, 0.29) is 0 Å². The third kappa shape index (κ3) is 5.56. The second-order valence-electron chi connectivity index (χ2n) is 7.67. The lowest BCUT2D eigenvalue weighted by molar-refractivity contribution is -0.122. The molecule has 4 rings (SSSR count). The zero-order valence-corrected chi connectivity index (χ0v) is 18.6. The van der Waals surface area contributed by atoms with Crippen molar-refractivity contribution < 1.29 is 9.57 Å². The van der Waals surface area contributed by atoms with Gasteiger partial charge in [-0.2, -0.15) is 0 Å². The van der Waals surface area contributed by atoms with Crippen molar-refractivity contribution in [3.05, 3.63) is 96.1 Å².